The summed E-state index contributed by atoms with van der Waals surface area (Å²) >= 11 is 0. The van der Waals surface area contributed by atoms with Crippen molar-refractivity contribution in [1.82, 2.24) is 9.80 Å². The van der Waals surface area contributed by atoms with Crippen molar-refractivity contribution in [2.45, 2.75) is 12.5 Å². The zero-order valence-electron chi connectivity index (χ0n) is 14.2. The van der Waals surface area contributed by atoms with Crippen LogP contribution in [-0.4, -0.2) is 77.2 Å². The van der Waals surface area contributed by atoms with Crippen LogP contribution in [-0.2, 0) is 14.4 Å². The molecule has 9 heteroatoms. The SMILES string of the molecule is N=C(N)c1ccc(C2=NOC(CN3CCN(CC(=O)O)C(=O)C3)C2)cc1. The highest BCUT2D eigenvalue weighted by molar-refractivity contribution is 6.02. The lowest BCUT2D eigenvalue weighted by Crippen LogP contribution is -2.53. The highest BCUT2D eigenvalue weighted by Crippen LogP contribution is 2.19. The first-order valence-electron chi connectivity index (χ1n) is 8.32. The minimum absolute atomic E-state index is 0.0192. The molecule has 0 spiro atoms. The van der Waals surface area contributed by atoms with E-state index in [1.165, 1.54) is 4.90 Å². The Morgan fingerprint density at radius 1 is 1.35 bits per heavy atom. The standard InChI is InChI=1S/C17H21N5O4/c18-17(19)12-3-1-11(2-4-12)14-7-13(26-20-14)8-21-5-6-22(10-16(24)25)15(23)9-21/h1-4,13H,5-10H2,(H3,18,19)(H,24,25). The molecule has 4 N–H and O–H groups in total. The number of carboxylic acids is 1. The molecule has 26 heavy (non-hydrogen) atoms. The van der Waals surface area contributed by atoms with Gasteiger partial charge in [0.2, 0.25) is 5.91 Å². The third-order valence-corrected chi connectivity index (χ3v) is 4.45. The number of carboxylic acid groups (broad SMARTS) is 1. The van der Waals surface area contributed by atoms with Crippen LogP contribution in [0, 0.1) is 5.41 Å². The van der Waals surface area contributed by atoms with Crippen molar-refractivity contribution < 1.29 is 19.5 Å². The first-order chi connectivity index (χ1) is 12.4. The molecular weight excluding hydrogens is 338 g/mol. The summed E-state index contributed by atoms with van der Waals surface area (Å²) in [6, 6.07) is 7.26. The van der Waals surface area contributed by atoms with Gasteiger partial charge in [-0.15, -0.1) is 0 Å². The predicted molar refractivity (Wildman–Crippen MR) is 94.1 cm³/mol. The predicted octanol–water partition coefficient (Wildman–Crippen LogP) is -0.308. The number of nitrogen functional groups attached to an aromatic ring is 1. The lowest BCUT2D eigenvalue weighted by Gasteiger charge is -2.34. The number of nitrogens with zero attached hydrogens (tertiary/aromatic N) is 3. The summed E-state index contributed by atoms with van der Waals surface area (Å²) in [5, 5.41) is 20.3. The summed E-state index contributed by atoms with van der Waals surface area (Å²) in [4.78, 5) is 31.6. The molecule has 2 aliphatic rings. The van der Waals surface area contributed by atoms with Crippen LogP contribution in [0.5, 0.6) is 0 Å². The summed E-state index contributed by atoms with van der Waals surface area (Å²) < 4.78 is 0. The van der Waals surface area contributed by atoms with Gasteiger partial charge in [-0.25, -0.2) is 0 Å². The molecule has 0 aromatic heterocycles. The van der Waals surface area contributed by atoms with E-state index in [1.807, 2.05) is 17.0 Å². The van der Waals surface area contributed by atoms with Crippen molar-refractivity contribution in [3.05, 3.63) is 35.4 Å². The number of nitrogens with one attached hydrogen (secondary N) is 1. The van der Waals surface area contributed by atoms with Crippen LogP contribution in [0.3, 0.4) is 0 Å². The molecule has 1 unspecified atom stereocenters. The lowest BCUT2D eigenvalue weighted by molar-refractivity contribution is -0.147. The van der Waals surface area contributed by atoms with Crippen molar-refractivity contribution in [3.8, 4) is 0 Å². The molecule has 0 aliphatic carbocycles. The van der Waals surface area contributed by atoms with Gasteiger partial charge in [-0.1, -0.05) is 29.4 Å². The highest BCUT2D eigenvalue weighted by atomic mass is 16.6. The molecule has 1 aromatic rings. The fourth-order valence-electron chi connectivity index (χ4n) is 3.07. The number of carbonyl (C=O) groups is 2. The number of amides is 1. The minimum atomic E-state index is -1.00. The molecule has 1 atom stereocenters. The number of rotatable bonds is 6. The maximum Gasteiger partial charge on any atom is 0.323 e. The summed E-state index contributed by atoms with van der Waals surface area (Å²) in [5.41, 5.74) is 7.84. The highest BCUT2D eigenvalue weighted by Gasteiger charge is 2.30. The van der Waals surface area contributed by atoms with E-state index in [1.54, 1.807) is 12.1 Å². The second-order valence-corrected chi connectivity index (χ2v) is 6.40. The normalized spacial score (nSPS) is 20.6. The molecular formula is C17H21N5O4. The van der Waals surface area contributed by atoms with Crippen LogP contribution in [0.2, 0.25) is 0 Å². The first kappa shape index (κ1) is 17.9. The van der Waals surface area contributed by atoms with Crippen LogP contribution in [0.25, 0.3) is 0 Å². The van der Waals surface area contributed by atoms with E-state index < -0.39 is 5.97 Å². The Morgan fingerprint density at radius 2 is 2.08 bits per heavy atom. The molecule has 3 rings (SSSR count). The van der Waals surface area contributed by atoms with E-state index in [0.29, 0.717) is 31.6 Å². The Bertz CT molecular complexity index is 746. The number of oxime groups is 1. The average molecular weight is 359 g/mol. The van der Waals surface area contributed by atoms with E-state index in [2.05, 4.69) is 5.16 Å². The Hall–Kier alpha value is -2.94. The molecule has 2 heterocycles. The Morgan fingerprint density at radius 3 is 2.69 bits per heavy atom. The third kappa shape index (κ3) is 4.17. The van der Waals surface area contributed by atoms with Gasteiger partial charge in [-0.3, -0.25) is 19.9 Å². The summed E-state index contributed by atoms with van der Waals surface area (Å²) in [6.45, 7) is 1.51. The number of piperazine rings is 1. The molecule has 138 valence electrons. The van der Waals surface area contributed by atoms with Crippen LogP contribution >= 0.6 is 0 Å². The van der Waals surface area contributed by atoms with E-state index in [-0.39, 0.29) is 30.9 Å². The van der Waals surface area contributed by atoms with Crippen molar-refractivity contribution >= 4 is 23.4 Å². The third-order valence-electron chi connectivity index (χ3n) is 4.45. The molecule has 0 bridgehead atoms. The number of aliphatic carboxylic acids is 1. The Kier molecular flexibility index (Phi) is 5.17. The number of hydrogen-bond donors (Lipinski definition) is 3. The summed E-state index contributed by atoms with van der Waals surface area (Å²) in [7, 11) is 0. The quantitative estimate of drug-likeness (QED) is 0.471. The number of nitrogens with two attached hydrogens (primary N) is 1. The molecule has 1 saturated heterocycles. The number of amidine groups is 1. The van der Waals surface area contributed by atoms with Gasteiger partial charge in [0, 0.05) is 31.6 Å². The fraction of sp³-hybridized carbons (Fsp3) is 0.412. The molecule has 2 aliphatic heterocycles. The number of carbonyl (C=O) groups excluding carboxylic acids is 1. The Labute approximate surface area is 150 Å². The molecule has 1 fully saturated rings. The zero-order valence-corrected chi connectivity index (χ0v) is 14.2. The molecule has 9 nitrogen and oxygen atoms in total. The van der Waals surface area contributed by atoms with Crippen LogP contribution in [0.4, 0.5) is 0 Å². The smallest absolute Gasteiger partial charge is 0.323 e. The summed E-state index contributed by atoms with van der Waals surface area (Å²) in [6.07, 6.45) is 0.486. The van der Waals surface area contributed by atoms with Crippen molar-refractivity contribution in [2.75, 3.05) is 32.7 Å². The van der Waals surface area contributed by atoms with Crippen LogP contribution in [0.1, 0.15) is 17.5 Å². The van der Waals surface area contributed by atoms with E-state index >= 15 is 0 Å². The largest absolute Gasteiger partial charge is 0.480 e. The van der Waals surface area contributed by atoms with Crippen LogP contribution < -0.4 is 5.73 Å². The van der Waals surface area contributed by atoms with Gasteiger partial charge in [-0.05, 0) is 5.56 Å². The van der Waals surface area contributed by atoms with E-state index in [0.717, 1.165) is 11.3 Å². The monoisotopic (exact) mass is 359 g/mol. The maximum atomic E-state index is 12.0. The summed E-state index contributed by atoms with van der Waals surface area (Å²) in [5.74, 6) is -1.16. The van der Waals surface area contributed by atoms with Crippen molar-refractivity contribution in [3.63, 3.8) is 0 Å². The van der Waals surface area contributed by atoms with Gasteiger partial charge in [0.15, 0.2) is 0 Å². The molecule has 0 saturated carbocycles. The fourth-order valence-corrected chi connectivity index (χ4v) is 3.07. The minimum Gasteiger partial charge on any atom is -0.480 e. The van der Waals surface area contributed by atoms with Crippen molar-refractivity contribution in [2.24, 2.45) is 10.9 Å². The lowest BCUT2D eigenvalue weighted by atomic mass is 10.0. The molecule has 1 amide bonds. The van der Waals surface area contributed by atoms with Gasteiger partial charge in [0.25, 0.3) is 0 Å². The first-order valence-corrected chi connectivity index (χ1v) is 8.32. The van der Waals surface area contributed by atoms with Gasteiger partial charge in [0.05, 0.1) is 12.3 Å². The number of hydrogen-bond acceptors (Lipinski definition) is 6. The van der Waals surface area contributed by atoms with E-state index in [9.17, 15) is 9.59 Å². The molecule has 0 radical (unpaired) electrons. The van der Waals surface area contributed by atoms with Gasteiger partial charge >= 0.3 is 5.97 Å². The Balaban J connectivity index is 1.51. The topological polar surface area (TPSA) is 132 Å². The van der Waals surface area contributed by atoms with Crippen molar-refractivity contribution in [1.29, 1.82) is 5.41 Å². The number of benzene rings is 1. The van der Waals surface area contributed by atoms with Gasteiger partial charge in [-0.2, -0.15) is 0 Å². The second kappa shape index (κ2) is 7.52. The zero-order chi connectivity index (χ0) is 18.7. The van der Waals surface area contributed by atoms with Crippen LogP contribution in [0.15, 0.2) is 29.4 Å². The maximum absolute atomic E-state index is 12.0. The average Bonchev–Trinajstić information content (AvgIpc) is 3.05. The van der Waals surface area contributed by atoms with Gasteiger partial charge < -0.3 is 20.6 Å². The molecule has 1 aromatic carbocycles. The van der Waals surface area contributed by atoms with E-state index in [4.69, 9.17) is 21.1 Å². The van der Waals surface area contributed by atoms with Gasteiger partial charge in [0.1, 0.15) is 18.5 Å². The second-order valence-electron chi connectivity index (χ2n) is 6.40.